The largest absolute Gasteiger partial charge is 0.411 e. The summed E-state index contributed by atoms with van der Waals surface area (Å²) in [6.45, 7) is 4.56. The predicted molar refractivity (Wildman–Crippen MR) is 76.6 cm³/mol. The predicted octanol–water partition coefficient (Wildman–Crippen LogP) is 4.63. The number of ether oxygens (including phenoxy) is 2. The summed E-state index contributed by atoms with van der Waals surface area (Å²) in [5, 5.41) is 9.00. The van der Waals surface area contributed by atoms with E-state index in [4.69, 9.17) is 14.7 Å². The molecule has 130 valence electrons. The molecular formula is C16H21F3O4. The zero-order chi connectivity index (χ0) is 17.3. The van der Waals surface area contributed by atoms with Crippen LogP contribution in [0.5, 0.6) is 0 Å². The molecular weight excluding hydrogens is 313 g/mol. The van der Waals surface area contributed by atoms with Gasteiger partial charge in [-0.15, -0.1) is 0 Å². The maximum Gasteiger partial charge on any atom is 0.411 e. The monoisotopic (exact) mass is 334 g/mol. The Hall–Kier alpha value is -1.15. The summed E-state index contributed by atoms with van der Waals surface area (Å²) >= 11 is 0. The Balaban J connectivity index is 2.32. The Kier molecular flexibility index (Phi) is 5.35. The van der Waals surface area contributed by atoms with Crippen LogP contribution in [0.2, 0.25) is 0 Å². The van der Waals surface area contributed by atoms with Crippen LogP contribution in [0.15, 0.2) is 24.3 Å². The van der Waals surface area contributed by atoms with Crippen molar-refractivity contribution in [2.45, 2.75) is 51.9 Å². The smallest absolute Gasteiger partial charge is 0.342 e. The van der Waals surface area contributed by atoms with Gasteiger partial charge in [-0.3, -0.25) is 0 Å². The van der Waals surface area contributed by atoms with Crippen LogP contribution in [0.4, 0.5) is 13.2 Å². The molecule has 0 bridgehead atoms. The second kappa shape index (κ2) is 6.76. The maximum atomic E-state index is 12.5. The minimum atomic E-state index is -4.46. The molecule has 1 aromatic carbocycles. The summed E-state index contributed by atoms with van der Waals surface area (Å²) < 4.78 is 47.8. The third kappa shape index (κ3) is 4.91. The second-order valence-corrected chi connectivity index (χ2v) is 6.87. The third-order valence-corrected chi connectivity index (χ3v) is 3.57. The fraction of sp³-hybridized carbons (Fsp3) is 0.625. The van der Waals surface area contributed by atoms with Crippen LogP contribution in [0.1, 0.15) is 50.5 Å². The van der Waals surface area contributed by atoms with Gasteiger partial charge in [-0.25, -0.2) is 10.1 Å². The molecule has 3 atom stereocenters. The van der Waals surface area contributed by atoms with E-state index in [0.717, 1.165) is 5.56 Å². The molecule has 0 spiro atoms. The molecule has 1 aliphatic heterocycles. The van der Waals surface area contributed by atoms with Gasteiger partial charge in [-0.2, -0.15) is 13.2 Å². The number of hydrogen-bond donors (Lipinski definition) is 1. The first-order valence-electron chi connectivity index (χ1n) is 7.33. The summed E-state index contributed by atoms with van der Waals surface area (Å²) in [6.07, 6.45) is -6.21. The van der Waals surface area contributed by atoms with Gasteiger partial charge in [0.15, 0.2) is 6.29 Å². The van der Waals surface area contributed by atoms with Crippen molar-refractivity contribution in [1.82, 2.24) is 0 Å². The van der Waals surface area contributed by atoms with Gasteiger partial charge >= 0.3 is 6.18 Å². The van der Waals surface area contributed by atoms with E-state index in [9.17, 15) is 13.2 Å². The Morgan fingerprint density at radius 2 is 1.74 bits per heavy atom. The van der Waals surface area contributed by atoms with Crippen LogP contribution in [0, 0.1) is 5.41 Å². The first kappa shape index (κ1) is 18.2. The number of alkyl halides is 3. The highest BCUT2D eigenvalue weighted by Crippen LogP contribution is 2.44. The summed E-state index contributed by atoms with van der Waals surface area (Å²) in [4.78, 5) is 4.27. The summed E-state index contributed by atoms with van der Waals surface area (Å²) in [6, 6.07) is 7.05. The minimum Gasteiger partial charge on any atom is -0.342 e. The number of halogens is 3. The van der Waals surface area contributed by atoms with Crippen molar-refractivity contribution in [1.29, 1.82) is 0 Å². The lowest BCUT2D eigenvalue weighted by molar-refractivity contribution is -0.390. The molecule has 4 nitrogen and oxygen atoms in total. The highest BCUT2D eigenvalue weighted by atomic mass is 19.4. The van der Waals surface area contributed by atoms with Crippen molar-refractivity contribution in [3.63, 3.8) is 0 Å². The molecule has 0 saturated carbocycles. The first-order chi connectivity index (χ1) is 10.6. The lowest BCUT2D eigenvalue weighted by Gasteiger charge is -2.39. The average Bonchev–Trinajstić information content (AvgIpc) is 2.44. The van der Waals surface area contributed by atoms with Gasteiger partial charge in [-0.05, 0) is 17.4 Å². The van der Waals surface area contributed by atoms with Gasteiger partial charge in [0.2, 0.25) is 6.29 Å². The van der Waals surface area contributed by atoms with E-state index in [1.165, 1.54) is 0 Å². The van der Waals surface area contributed by atoms with Crippen molar-refractivity contribution < 1.29 is 32.8 Å². The van der Waals surface area contributed by atoms with Gasteiger partial charge in [0.25, 0.3) is 0 Å². The molecule has 0 fully saturated rings. The van der Waals surface area contributed by atoms with Crippen LogP contribution in [-0.4, -0.2) is 24.3 Å². The fourth-order valence-corrected chi connectivity index (χ4v) is 2.78. The van der Waals surface area contributed by atoms with E-state index in [1.54, 1.807) is 24.3 Å². The summed E-state index contributed by atoms with van der Waals surface area (Å²) in [5.74, 6) is -0.389. The third-order valence-electron chi connectivity index (χ3n) is 3.57. The average molecular weight is 334 g/mol. The van der Waals surface area contributed by atoms with Crippen LogP contribution < -0.4 is 0 Å². The van der Waals surface area contributed by atoms with E-state index in [-0.39, 0.29) is 11.3 Å². The van der Waals surface area contributed by atoms with Gasteiger partial charge in [-0.1, -0.05) is 45.0 Å². The van der Waals surface area contributed by atoms with E-state index in [2.05, 4.69) is 4.89 Å². The van der Waals surface area contributed by atoms with Crippen molar-refractivity contribution >= 4 is 0 Å². The summed E-state index contributed by atoms with van der Waals surface area (Å²) in [7, 11) is 0. The molecule has 1 aliphatic rings. The molecule has 1 aromatic rings. The molecule has 1 heterocycles. The molecule has 0 saturated heterocycles. The lowest BCUT2D eigenvalue weighted by atomic mass is 9.78. The van der Waals surface area contributed by atoms with Gasteiger partial charge < -0.3 is 9.47 Å². The zero-order valence-corrected chi connectivity index (χ0v) is 13.3. The minimum absolute atomic E-state index is 0.145. The standard InChI is InChI=1S/C16H21F3O4/c1-15(2,3)8-12-10-6-4-5-7-11(10)14(23-20)22-13(12)21-9-16(17,18)19/h4-7,12-14,20H,8-9H2,1-3H3/t12-,13-,14-/m1/s1. The second-order valence-electron chi connectivity index (χ2n) is 6.87. The lowest BCUT2D eigenvalue weighted by Crippen LogP contribution is -2.37. The Labute approximate surface area is 133 Å². The number of rotatable bonds is 4. The molecule has 0 radical (unpaired) electrons. The highest BCUT2D eigenvalue weighted by molar-refractivity contribution is 5.34. The first-order valence-corrected chi connectivity index (χ1v) is 7.33. The maximum absolute atomic E-state index is 12.5. The highest BCUT2D eigenvalue weighted by Gasteiger charge is 2.41. The van der Waals surface area contributed by atoms with Gasteiger partial charge in [0.1, 0.15) is 6.61 Å². The fourth-order valence-electron chi connectivity index (χ4n) is 2.78. The molecule has 7 heteroatoms. The molecule has 0 amide bonds. The topological polar surface area (TPSA) is 47.9 Å². The Morgan fingerprint density at radius 1 is 1.13 bits per heavy atom. The Morgan fingerprint density at radius 3 is 2.26 bits per heavy atom. The normalized spacial score (nSPS) is 25.3. The van der Waals surface area contributed by atoms with Crippen LogP contribution in [-0.2, 0) is 14.4 Å². The van der Waals surface area contributed by atoms with Crippen molar-refractivity contribution in [2.24, 2.45) is 5.41 Å². The van der Waals surface area contributed by atoms with Crippen LogP contribution in [0.25, 0.3) is 0 Å². The van der Waals surface area contributed by atoms with Crippen molar-refractivity contribution in [3.05, 3.63) is 35.4 Å². The number of benzene rings is 1. The summed E-state index contributed by atoms with van der Waals surface area (Å²) in [5.41, 5.74) is 1.21. The Bertz CT molecular complexity index is 525. The SMILES string of the molecule is CC(C)(C)C[C@@H]1c2ccccc2[C@@H](OO)O[C@H]1OCC(F)(F)F. The quantitative estimate of drug-likeness (QED) is 0.644. The zero-order valence-electron chi connectivity index (χ0n) is 13.3. The van der Waals surface area contributed by atoms with E-state index in [0.29, 0.717) is 12.0 Å². The molecule has 1 N–H and O–H groups in total. The molecule has 0 unspecified atom stereocenters. The van der Waals surface area contributed by atoms with E-state index in [1.807, 2.05) is 20.8 Å². The molecule has 23 heavy (non-hydrogen) atoms. The van der Waals surface area contributed by atoms with E-state index >= 15 is 0 Å². The number of hydrogen-bond acceptors (Lipinski definition) is 4. The number of fused-ring (bicyclic) bond motifs is 1. The molecule has 2 rings (SSSR count). The van der Waals surface area contributed by atoms with E-state index < -0.39 is 25.4 Å². The van der Waals surface area contributed by atoms with Crippen LogP contribution in [0.3, 0.4) is 0 Å². The van der Waals surface area contributed by atoms with Crippen LogP contribution >= 0.6 is 0 Å². The molecule has 0 aromatic heterocycles. The molecule has 0 aliphatic carbocycles. The van der Waals surface area contributed by atoms with Gasteiger partial charge in [0, 0.05) is 11.5 Å². The van der Waals surface area contributed by atoms with Crippen molar-refractivity contribution in [2.75, 3.05) is 6.61 Å². The van der Waals surface area contributed by atoms with Crippen molar-refractivity contribution in [3.8, 4) is 0 Å². The van der Waals surface area contributed by atoms with Gasteiger partial charge in [0.05, 0.1) is 0 Å².